The van der Waals surface area contributed by atoms with Crippen LogP contribution in [0.2, 0.25) is 0 Å². The van der Waals surface area contributed by atoms with Crippen molar-refractivity contribution in [3.8, 4) is 0 Å². The van der Waals surface area contributed by atoms with E-state index in [-0.39, 0.29) is 5.91 Å². The van der Waals surface area contributed by atoms with Crippen LogP contribution in [0.1, 0.15) is 36.2 Å². The molecule has 0 atom stereocenters. The summed E-state index contributed by atoms with van der Waals surface area (Å²) < 4.78 is 0. The molecule has 6 heteroatoms. The van der Waals surface area contributed by atoms with Crippen LogP contribution in [-0.4, -0.2) is 26.5 Å². The summed E-state index contributed by atoms with van der Waals surface area (Å²) in [7, 11) is 0. The third kappa shape index (κ3) is 2.17. The Labute approximate surface area is 117 Å². The summed E-state index contributed by atoms with van der Waals surface area (Å²) in [4.78, 5) is 12.5. The Morgan fingerprint density at radius 2 is 2.30 bits per heavy atom. The topological polar surface area (TPSA) is 83.6 Å². The van der Waals surface area contributed by atoms with E-state index < -0.39 is 5.41 Å². The third-order valence-corrected chi connectivity index (χ3v) is 3.95. The number of nitrogens with zero attached hydrogens (tertiary/aromatic N) is 3. The molecule has 0 spiro atoms. The van der Waals surface area contributed by atoms with Gasteiger partial charge in [-0.2, -0.15) is 5.21 Å². The summed E-state index contributed by atoms with van der Waals surface area (Å²) >= 11 is 0. The molecule has 2 N–H and O–H groups in total. The normalized spacial score (nSPS) is 16.4. The number of carbonyl (C=O) groups is 1. The molecular formula is C14H17N5O. The van der Waals surface area contributed by atoms with E-state index in [0.717, 1.165) is 24.8 Å². The Bertz CT molecular complexity index is 604. The molecule has 6 nitrogen and oxygen atoms in total. The first-order chi connectivity index (χ1) is 9.71. The molecule has 20 heavy (non-hydrogen) atoms. The largest absolute Gasteiger partial charge is 0.351 e. The van der Waals surface area contributed by atoms with Crippen molar-refractivity contribution in [3.63, 3.8) is 0 Å². The Morgan fingerprint density at radius 3 is 2.90 bits per heavy atom. The van der Waals surface area contributed by atoms with Gasteiger partial charge in [0.25, 0.3) is 0 Å². The standard InChI is InChI=1S/C14H17N5O/c1-10-4-2-5-11(8-10)9-15-13(20)14(6-3-7-14)12-16-18-19-17-12/h2,4-5,8H,3,6-7,9H2,1H3,(H,15,20)(H,16,17,18,19). The highest BCUT2D eigenvalue weighted by atomic mass is 16.2. The van der Waals surface area contributed by atoms with E-state index in [1.165, 1.54) is 5.56 Å². The van der Waals surface area contributed by atoms with Gasteiger partial charge in [-0.25, -0.2) is 0 Å². The van der Waals surface area contributed by atoms with E-state index in [0.29, 0.717) is 12.4 Å². The van der Waals surface area contributed by atoms with Crippen LogP contribution < -0.4 is 5.32 Å². The highest BCUT2D eigenvalue weighted by Gasteiger charge is 2.49. The number of H-pyrrole nitrogens is 1. The van der Waals surface area contributed by atoms with Gasteiger partial charge in [0.2, 0.25) is 5.91 Å². The molecule has 0 saturated heterocycles. The highest BCUT2D eigenvalue weighted by molar-refractivity contribution is 5.88. The van der Waals surface area contributed by atoms with Gasteiger partial charge >= 0.3 is 0 Å². The summed E-state index contributed by atoms with van der Waals surface area (Å²) in [5.74, 6) is 0.497. The second-order valence-corrected chi connectivity index (χ2v) is 5.34. The van der Waals surface area contributed by atoms with Crippen LogP contribution in [0, 0.1) is 6.92 Å². The molecule has 1 amide bonds. The Kier molecular flexibility index (Phi) is 3.22. The van der Waals surface area contributed by atoms with Crippen molar-refractivity contribution in [1.82, 2.24) is 25.9 Å². The lowest BCUT2D eigenvalue weighted by Gasteiger charge is -2.37. The number of aryl methyl sites for hydroxylation is 1. The molecule has 2 aromatic rings. The zero-order valence-electron chi connectivity index (χ0n) is 11.4. The Morgan fingerprint density at radius 1 is 1.45 bits per heavy atom. The van der Waals surface area contributed by atoms with Crippen LogP contribution >= 0.6 is 0 Å². The first-order valence-electron chi connectivity index (χ1n) is 6.78. The minimum Gasteiger partial charge on any atom is -0.351 e. The Hall–Kier alpha value is -2.24. The lowest BCUT2D eigenvalue weighted by Crippen LogP contribution is -2.49. The molecule has 1 saturated carbocycles. The van der Waals surface area contributed by atoms with Crippen molar-refractivity contribution in [2.75, 3.05) is 0 Å². The number of aromatic nitrogens is 4. The van der Waals surface area contributed by atoms with Gasteiger partial charge in [0.15, 0.2) is 5.82 Å². The number of carbonyl (C=O) groups excluding carboxylic acids is 1. The van der Waals surface area contributed by atoms with Gasteiger partial charge in [0, 0.05) is 6.54 Å². The summed E-state index contributed by atoms with van der Waals surface area (Å²) in [6, 6.07) is 8.12. The molecule has 104 valence electrons. The van der Waals surface area contributed by atoms with E-state index in [4.69, 9.17) is 0 Å². The van der Waals surface area contributed by atoms with Crippen molar-refractivity contribution in [2.24, 2.45) is 0 Å². The first kappa shape index (κ1) is 12.8. The van der Waals surface area contributed by atoms with E-state index in [2.05, 4.69) is 32.0 Å². The van der Waals surface area contributed by atoms with Crippen LogP contribution in [0.5, 0.6) is 0 Å². The van der Waals surface area contributed by atoms with Crippen molar-refractivity contribution < 1.29 is 4.79 Å². The minimum atomic E-state index is -0.586. The second-order valence-electron chi connectivity index (χ2n) is 5.34. The zero-order valence-corrected chi connectivity index (χ0v) is 11.4. The maximum absolute atomic E-state index is 12.5. The molecule has 1 aliphatic rings. The van der Waals surface area contributed by atoms with Crippen LogP contribution in [0.4, 0.5) is 0 Å². The van der Waals surface area contributed by atoms with Gasteiger partial charge < -0.3 is 5.32 Å². The summed E-state index contributed by atoms with van der Waals surface area (Å²) in [6.07, 6.45) is 2.59. The number of rotatable bonds is 4. The van der Waals surface area contributed by atoms with E-state index in [9.17, 15) is 4.79 Å². The number of benzene rings is 1. The molecule has 0 unspecified atom stereocenters. The second kappa shape index (κ2) is 5.03. The highest BCUT2D eigenvalue weighted by Crippen LogP contribution is 2.41. The molecule has 1 aromatic heterocycles. The SMILES string of the molecule is Cc1cccc(CNC(=O)C2(c3nn[nH]n3)CCC2)c1. The van der Waals surface area contributed by atoms with Gasteiger partial charge in [0.1, 0.15) is 5.41 Å². The Balaban J connectivity index is 1.70. The van der Waals surface area contributed by atoms with E-state index in [1.54, 1.807) is 0 Å². The van der Waals surface area contributed by atoms with Crippen LogP contribution in [0.15, 0.2) is 24.3 Å². The first-order valence-corrected chi connectivity index (χ1v) is 6.78. The fourth-order valence-electron chi connectivity index (χ4n) is 2.62. The van der Waals surface area contributed by atoms with Crippen LogP contribution in [-0.2, 0) is 16.8 Å². The minimum absolute atomic E-state index is 0.00773. The van der Waals surface area contributed by atoms with Gasteiger partial charge in [-0.3, -0.25) is 4.79 Å². The van der Waals surface area contributed by atoms with Gasteiger partial charge in [0.05, 0.1) is 0 Å². The van der Waals surface area contributed by atoms with Crippen molar-refractivity contribution in [1.29, 1.82) is 0 Å². The molecule has 0 bridgehead atoms. The average Bonchev–Trinajstić information content (AvgIpc) is 2.89. The smallest absolute Gasteiger partial charge is 0.234 e. The molecule has 1 fully saturated rings. The number of hydrogen-bond acceptors (Lipinski definition) is 4. The average molecular weight is 271 g/mol. The van der Waals surface area contributed by atoms with E-state index >= 15 is 0 Å². The molecule has 1 aliphatic carbocycles. The summed E-state index contributed by atoms with van der Waals surface area (Å²) in [6.45, 7) is 2.57. The van der Waals surface area contributed by atoms with Crippen molar-refractivity contribution >= 4 is 5.91 Å². The number of hydrogen-bond donors (Lipinski definition) is 2. The zero-order chi connectivity index (χ0) is 14.0. The third-order valence-electron chi connectivity index (χ3n) is 3.95. The monoisotopic (exact) mass is 271 g/mol. The quantitative estimate of drug-likeness (QED) is 0.876. The van der Waals surface area contributed by atoms with E-state index in [1.807, 2.05) is 25.1 Å². The molecule has 0 radical (unpaired) electrons. The van der Waals surface area contributed by atoms with Crippen LogP contribution in [0.3, 0.4) is 0 Å². The number of tetrazole rings is 1. The molecule has 1 aromatic carbocycles. The molecular weight excluding hydrogens is 254 g/mol. The predicted octanol–water partition coefficient (Wildman–Crippen LogP) is 1.25. The lowest BCUT2D eigenvalue weighted by atomic mass is 9.67. The van der Waals surface area contributed by atoms with Gasteiger partial charge in [-0.1, -0.05) is 41.5 Å². The predicted molar refractivity (Wildman–Crippen MR) is 72.7 cm³/mol. The number of nitrogens with one attached hydrogen (secondary N) is 2. The van der Waals surface area contributed by atoms with Crippen molar-refractivity contribution in [3.05, 3.63) is 41.2 Å². The van der Waals surface area contributed by atoms with Gasteiger partial charge in [-0.05, 0) is 25.3 Å². The number of aromatic amines is 1. The molecule has 1 heterocycles. The summed E-state index contributed by atoms with van der Waals surface area (Å²) in [5.41, 5.74) is 1.70. The number of amides is 1. The fourth-order valence-corrected chi connectivity index (χ4v) is 2.62. The van der Waals surface area contributed by atoms with Crippen molar-refractivity contribution in [2.45, 2.75) is 38.1 Å². The maximum Gasteiger partial charge on any atom is 0.234 e. The molecule has 3 rings (SSSR count). The maximum atomic E-state index is 12.5. The van der Waals surface area contributed by atoms with Gasteiger partial charge in [-0.15, -0.1) is 10.2 Å². The van der Waals surface area contributed by atoms with Crippen LogP contribution in [0.25, 0.3) is 0 Å². The molecule has 0 aliphatic heterocycles. The fraction of sp³-hybridized carbons (Fsp3) is 0.429. The lowest BCUT2D eigenvalue weighted by molar-refractivity contribution is -0.130. The summed E-state index contributed by atoms with van der Waals surface area (Å²) in [5, 5.41) is 17.0.